The molecule has 1 amide bonds. The van der Waals surface area contributed by atoms with E-state index in [-0.39, 0.29) is 17.6 Å². The Kier molecular flexibility index (Phi) is 5.71. The molecule has 5 heteroatoms. The molecule has 0 fully saturated rings. The molecule has 0 aromatic heterocycles. The highest BCUT2D eigenvalue weighted by atomic mass is 16.5. The zero-order valence-corrected chi connectivity index (χ0v) is 15.3. The van der Waals surface area contributed by atoms with Crippen molar-refractivity contribution in [1.82, 2.24) is 0 Å². The lowest BCUT2D eigenvalue weighted by molar-refractivity contribution is -0.134. The second-order valence-electron chi connectivity index (χ2n) is 6.10. The van der Waals surface area contributed by atoms with E-state index < -0.39 is 0 Å². The van der Waals surface area contributed by atoms with E-state index in [4.69, 9.17) is 9.47 Å². The van der Waals surface area contributed by atoms with Crippen LogP contribution in [0.2, 0.25) is 0 Å². The van der Waals surface area contributed by atoms with Crippen LogP contribution >= 0.6 is 0 Å². The minimum Gasteiger partial charge on any atom is -0.497 e. The van der Waals surface area contributed by atoms with Crippen molar-refractivity contribution >= 4 is 28.3 Å². The van der Waals surface area contributed by atoms with Crippen LogP contribution in [-0.4, -0.2) is 19.0 Å². The van der Waals surface area contributed by atoms with Crippen molar-refractivity contribution in [2.75, 3.05) is 12.4 Å². The van der Waals surface area contributed by atoms with E-state index in [1.807, 2.05) is 31.2 Å². The average Bonchev–Trinajstić information content (AvgIpc) is 2.68. The Bertz CT molecular complexity index is 964. The molecule has 5 nitrogen and oxygen atoms in total. The van der Waals surface area contributed by atoms with Gasteiger partial charge in [0, 0.05) is 12.1 Å². The van der Waals surface area contributed by atoms with Crippen LogP contribution in [0, 0.1) is 0 Å². The van der Waals surface area contributed by atoms with E-state index in [1.54, 1.807) is 43.5 Å². The highest BCUT2D eigenvalue weighted by Crippen LogP contribution is 2.28. The van der Waals surface area contributed by atoms with Crippen LogP contribution in [0.1, 0.15) is 30.1 Å². The lowest BCUT2D eigenvalue weighted by Crippen LogP contribution is -2.16. The fourth-order valence-electron chi connectivity index (χ4n) is 2.73. The number of carbonyl (C=O) groups is 2. The summed E-state index contributed by atoms with van der Waals surface area (Å²) in [5.74, 6) is 0.266. The van der Waals surface area contributed by atoms with Crippen molar-refractivity contribution in [3.8, 4) is 11.5 Å². The van der Waals surface area contributed by atoms with Crippen molar-refractivity contribution in [2.45, 2.75) is 19.8 Å². The monoisotopic (exact) mass is 363 g/mol. The summed E-state index contributed by atoms with van der Waals surface area (Å²) < 4.78 is 10.6. The normalized spacial score (nSPS) is 10.4. The summed E-state index contributed by atoms with van der Waals surface area (Å²) in [6, 6.07) is 18.1. The van der Waals surface area contributed by atoms with Gasteiger partial charge in [-0.05, 0) is 53.6 Å². The van der Waals surface area contributed by atoms with E-state index >= 15 is 0 Å². The Morgan fingerprint density at radius 2 is 1.63 bits per heavy atom. The third kappa shape index (κ3) is 4.44. The molecule has 0 heterocycles. The number of nitrogens with one attached hydrogen (secondary N) is 1. The van der Waals surface area contributed by atoms with Crippen molar-refractivity contribution < 1.29 is 19.1 Å². The topological polar surface area (TPSA) is 64.6 Å². The summed E-state index contributed by atoms with van der Waals surface area (Å²) in [6.45, 7) is 1.90. The van der Waals surface area contributed by atoms with Gasteiger partial charge in [-0.15, -0.1) is 0 Å². The first-order valence-electron chi connectivity index (χ1n) is 8.79. The molecule has 138 valence electrons. The number of amides is 1. The molecule has 0 saturated heterocycles. The van der Waals surface area contributed by atoms with Crippen LogP contribution in [0.25, 0.3) is 10.8 Å². The standard InChI is InChI=1S/C22H21NO4/c1-3-6-21(24)27-20-14-16-8-5-4-7-15(16)13-19(20)22(25)23-17-9-11-18(26-2)12-10-17/h4-5,7-14H,3,6H2,1-2H3,(H,23,25). The molecule has 0 bridgehead atoms. The summed E-state index contributed by atoms with van der Waals surface area (Å²) in [7, 11) is 1.58. The lowest BCUT2D eigenvalue weighted by atomic mass is 10.0. The summed E-state index contributed by atoms with van der Waals surface area (Å²) in [5, 5.41) is 4.63. The van der Waals surface area contributed by atoms with Gasteiger partial charge in [-0.1, -0.05) is 31.2 Å². The summed E-state index contributed by atoms with van der Waals surface area (Å²) >= 11 is 0. The molecule has 0 aliphatic rings. The van der Waals surface area contributed by atoms with Gasteiger partial charge in [-0.2, -0.15) is 0 Å². The van der Waals surface area contributed by atoms with Crippen molar-refractivity contribution in [2.24, 2.45) is 0 Å². The van der Waals surface area contributed by atoms with Gasteiger partial charge in [-0.25, -0.2) is 0 Å². The molecule has 0 aliphatic carbocycles. The molecule has 1 N–H and O–H groups in total. The summed E-state index contributed by atoms with van der Waals surface area (Å²) in [4.78, 5) is 24.8. The van der Waals surface area contributed by atoms with E-state index in [2.05, 4.69) is 5.32 Å². The van der Waals surface area contributed by atoms with Gasteiger partial charge in [0.1, 0.15) is 11.5 Å². The molecule has 0 radical (unpaired) electrons. The third-order valence-corrected chi connectivity index (χ3v) is 4.12. The number of hydrogen-bond acceptors (Lipinski definition) is 4. The van der Waals surface area contributed by atoms with Gasteiger partial charge in [0.2, 0.25) is 0 Å². The predicted octanol–water partition coefficient (Wildman–Crippen LogP) is 4.81. The van der Waals surface area contributed by atoms with Crippen molar-refractivity contribution in [1.29, 1.82) is 0 Å². The number of esters is 1. The fraction of sp³-hybridized carbons (Fsp3) is 0.182. The molecule has 0 spiro atoms. The number of fused-ring (bicyclic) bond motifs is 1. The summed E-state index contributed by atoms with van der Waals surface area (Å²) in [6.07, 6.45) is 0.978. The van der Waals surface area contributed by atoms with Crippen molar-refractivity contribution in [3.05, 3.63) is 66.2 Å². The number of methoxy groups -OCH3 is 1. The van der Waals surface area contributed by atoms with Crippen LogP contribution in [0.5, 0.6) is 11.5 Å². The first kappa shape index (κ1) is 18.5. The first-order chi connectivity index (χ1) is 13.1. The number of carbonyl (C=O) groups excluding carboxylic acids is 2. The largest absolute Gasteiger partial charge is 0.497 e. The Morgan fingerprint density at radius 3 is 2.26 bits per heavy atom. The van der Waals surface area contributed by atoms with E-state index in [0.29, 0.717) is 29.8 Å². The Morgan fingerprint density at radius 1 is 0.963 bits per heavy atom. The number of rotatable bonds is 6. The smallest absolute Gasteiger partial charge is 0.311 e. The van der Waals surface area contributed by atoms with Crippen molar-refractivity contribution in [3.63, 3.8) is 0 Å². The minimum atomic E-state index is -0.355. The Labute approximate surface area is 157 Å². The van der Waals surface area contributed by atoms with E-state index in [0.717, 1.165) is 10.8 Å². The van der Waals surface area contributed by atoms with Gasteiger partial charge in [0.25, 0.3) is 5.91 Å². The van der Waals surface area contributed by atoms with Crippen LogP contribution in [0.3, 0.4) is 0 Å². The molecule has 3 aromatic carbocycles. The zero-order chi connectivity index (χ0) is 19.2. The maximum atomic E-state index is 12.8. The zero-order valence-electron chi connectivity index (χ0n) is 15.3. The fourth-order valence-corrected chi connectivity index (χ4v) is 2.73. The lowest BCUT2D eigenvalue weighted by Gasteiger charge is -2.12. The molecule has 0 atom stereocenters. The second kappa shape index (κ2) is 8.36. The number of hydrogen-bond donors (Lipinski definition) is 1. The number of benzene rings is 3. The molecule has 0 saturated carbocycles. The number of ether oxygens (including phenoxy) is 2. The molecular formula is C22H21NO4. The van der Waals surface area contributed by atoms with Crippen LogP contribution in [-0.2, 0) is 4.79 Å². The van der Waals surface area contributed by atoms with E-state index in [1.165, 1.54) is 0 Å². The molecular weight excluding hydrogens is 342 g/mol. The van der Waals surface area contributed by atoms with Crippen LogP contribution in [0.4, 0.5) is 5.69 Å². The van der Waals surface area contributed by atoms with Gasteiger partial charge in [0.15, 0.2) is 0 Å². The Balaban J connectivity index is 1.93. The molecule has 3 aromatic rings. The molecule has 3 rings (SSSR count). The molecule has 27 heavy (non-hydrogen) atoms. The first-order valence-corrected chi connectivity index (χ1v) is 8.79. The quantitative estimate of drug-likeness (QED) is 0.504. The molecule has 0 unspecified atom stereocenters. The van der Waals surface area contributed by atoms with Crippen LogP contribution in [0.15, 0.2) is 60.7 Å². The van der Waals surface area contributed by atoms with Gasteiger partial charge < -0.3 is 14.8 Å². The maximum Gasteiger partial charge on any atom is 0.311 e. The van der Waals surface area contributed by atoms with Gasteiger partial charge in [-0.3, -0.25) is 9.59 Å². The predicted molar refractivity (Wildman–Crippen MR) is 105 cm³/mol. The highest BCUT2D eigenvalue weighted by Gasteiger charge is 2.17. The minimum absolute atomic E-state index is 0.262. The van der Waals surface area contributed by atoms with Gasteiger partial charge in [0.05, 0.1) is 12.7 Å². The van der Waals surface area contributed by atoms with E-state index in [9.17, 15) is 9.59 Å². The highest BCUT2D eigenvalue weighted by molar-refractivity contribution is 6.09. The average molecular weight is 363 g/mol. The SMILES string of the molecule is CCCC(=O)Oc1cc2ccccc2cc1C(=O)Nc1ccc(OC)cc1. The Hall–Kier alpha value is -3.34. The second-order valence-corrected chi connectivity index (χ2v) is 6.10. The summed E-state index contributed by atoms with van der Waals surface area (Å²) in [5.41, 5.74) is 0.939. The molecule has 0 aliphatic heterocycles. The van der Waals surface area contributed by atoms with Crippen LogP contribution < -0.4 is 14.8 Å². The third-order valence-electron chi connectivity index (χ3n) is 4.12. The maximum absolute atomic E-state index is 12.8. The number of anilines is 1. The van der Waals surface area contributed by atoms with Gasteiger partial charge >= 0.3 is 5.97 Å².